The van der Waals surface area contributed by atoms with E-state index in [4.69, 9.17) is 0 Å². The van der Waals surface area contributed by atoms with Gasteiger partial charge in [0.2, 0.25) is 0 Å². The number of nitrogens with one attached hydrogen (secondary N) is 2. The van der Waals surface area contributed by atoms with Crippen LogP contribution < -0.4 is 10.6 Å². The molecule has 2 saturated carbocycles. The molecule has 2 fully saturated rings. The highest BCUT2D eigenvalue weighted by Crippen LogP contribution is 2.20. The average molecular weight is 186 g/mol. The monoisotopic (exact) mass is 186 g/mol. The van der Waals surface area contributed by atoms with Crippen LogP contribution in [-0.2, 0) is 0 Å². The Kier molecular flexibility index (Phi) is 4.26. The van der Waals surface area contributed by atoms with E-state index in [0.29, 0.717) is 0 Å². The fourth-order valence-corrected chi connectivity index (χ4v) is 1.40. The molecule has 2 N–H and O–H groups in total. The molecule has 0 amide bonds. The first-order chi connectivity index (χ1) is 6.95. The summed E-state index contributed by atoms with van der Waals surface area (Å²) in [7, 11) is 0. The van der Waals surface area contributed by atoms with Gasteiger partial charge in [-0.2, -0.15) is 0 Å². The standard InChI is InChI=1S/C12H14N2/c1-2-6-11(5-1)13-9-10-14-12-7-3-4-8-12/h1-8,13-14H,9-10H2. The predicted molar refractivity (Wildman–Crippen MR) is 56.9 cm³/mol. The molecule has 10 radical (unpaired) electrons. The first-order valence-electron chi connectivity index (χ1n) is 4.86. The van der Waals surface area contributed by atoms with Crippen molar-refractivity contribution >= 4 is 0 Å². The molecule has 2 heteroatoms. The Balaban J connectivity index is 1.46. The van der Waals surface area contributed by atoms with Gasteiger partial charge in [-0.15, -0.1) is 0 Å². The molecule has 0 aromatic heterocycles. The third-order valence-corrected chi connectivity index (χ3v) is 2.11. The Morgan fingerprint density at radius 1 is 0.643 bits per heavy atom. The van der Waals surface area contributed by atoms with Gasteiger partial charge >= 0.3 is 0 Å². The van der Waals surface area contributed by atoms with E-state index in [9.17, 15) is 0 Å². The topological polar surface area (TPSA) is 24.1 Å². The van der Waals surface area contributed by atoms with Crippen LogP contribution in [0.25, 0.3) is 0 Å². The van der Waals surface area contributed by atoms with Gasteiger partial charge in [0.25, 0.3) is 0 Å². The van der Waals surface area contributed by atoms with Crippen LogP contribution in [0.15, 0.2) is 0 Å². The largest absolute Gasteiger partial charge is 0.308 e. The Morgan fingerprint density at radius 2 is 1.00 bits per heavy atom. The Hall–Kier alpha value is -0.0800. The third kappa shape index (κ3) is 3.25. The van der Waals surface area contributed by atoms with Crippen molar-refractivity contribution in [3.05, 3.63) is 63.5 Å². The van der Waals surface area contributed by atoms with Gasteiger partial charge in [-0.05, 0) is 51.4 Å². The van der Waals surface area contributed by atoms with Crippen molar-refractivity contribution in [2.45, 2.75) is 0 Å². The van der Waals surface area contributed by atoms with Crippen molar-refractivity contribution < 1.29 is 0 Å². The minimum atomic E-state index is 0.940. The maximum Gasteiger partial charge on any atom is 0.0440 e. The summed E-state index contributed by atoms with van der Waals surface area (Å²) in [5.41, 5.74) is 0. The molecule has 0 unspecified atom stereocenters. The zero-order valence-corrected chi connectivity index (χ0v) is 8.03. The van der Waals surface area contributed by atoms with E-state index in [1.54, 1.807) is 0 Å². The van der Waals surface area contributed by atoms with Crippen molar-refractivity contribution in [3.63, 3.8) is 0 Å². The van der Waals surface area contributed by atoms with Gasteiger partial charge in [0.15, 0.2) is 0 Å². The molecule has 2 nitrogen and oxygen atoms in total. The van der Waals surface area contributed by atoms with Gasteiger partial charge < -0.3 is 10.6 Å². The van der Waals surface area contributed by atoms with Gasteiger partial charge in [-0.3, -0.25) is 0 Å². The van der Waals surface area contributed by atoms with Gasteiger partial charge in [0, 0.05) is 25.2 Å². The highest BCUT2D eigenvalue weighted by atomic mass is 15.0. The van der Waals surface area contributed by atoms with Crippen LogP contribution in [0.2, 0.25) is 0 Å². The van der Waals surface area contributed by atoms with Crippen molar-refractivity contribution in [1.29, 1.82) is 0 Å². The summed E-state index contributed by atoms with van der Waals surface area (Å²) in [6.07, 6.45) is 16.4. The molecule has 14 heavy (non-hydrogen) atoms. The lowest BCUT2D eigenvalue weighted by molar-refractivity contribution is 0.667. The maximum atomic E-state index is 3.32. The van der Waals surface area contributed by atoms with Crippen molar-refractivity contribution in [1.82, 2.24) is 10.6 Å². The van der Waals surface area contributed by atoms with E-state index < -0.39 is 0 Å². The Bertz CT molecular complexity index is 128. The van der Waals surface area contributed by atoms with Crippen LogP contribution >= 0.6 is 0 Å². The molecule has 2 rings (SSSR count). The molecule has 0 aromatic carbocycles. The van der Waals surface area contributed by atoms with E-state index in [0.717, 1.165) is 13.1 Å². The first-order valence-corrected chi connectivity index (χ1v) is 4.86. The molecule has 0 bridgehead atoms. The van der Waals surface area contributed by atoms with E-state index in [-0.39, 0.29) is 0 Å². The van der Waals surface area contributed by atoms with Gasteiger partial charge in [0.1, 0.15) is 0 Å². The fourth-order valence-electron chi connectivity index (χ4n) is 1.40. The van der Waals surface area contributed by atoms with Crippen molar-refractivity contribution in [3.8, 4) is 0 Å². The third-order valence-electron chi connectivity index (χ3n) is 2.11. The Morgan fingerprint density at radius 3 is 1.36 bits per heavy atom. The summed E-state index contributed by atoms with van der Waals surface area (Å²) in [6, 6.07) is 2.38. The van der Waals surface area contributed by atoms with Crippen LogP contribution in [0.3, 0.4) is 0 Å². The quantitative estimate of drug-likeness (QED) is 0.623. The molecule has 2 aliphatic carbocycles. The zero-order valence-electron chi connectivity index (χ0n) is 8.03. The summed E-state index contributed by atoms with van der Waals surface area (Å²) in [5.74, 6) is 0. The highest BCUT2D eigenvalue weighted by Gasteiger charge is 2.17. The zero-order chi connectivity index (χ0) is 9.64. The lowest BCUT2D eigenvalue weighted by Crippen LogP contribution is -2.31. The predicted octanol–water partition coefficient (Wildman–Crippen LogP) is 0.891. The minimum Gasteiger partial charge on any atom is -0.308 e. The first kappa shape index (κ1) is 10.4. The second-order valence-electron chi connectivity index (χ2n) is 3.20. The molecule has 0 aliphatic heterocycles. The average Bonchev–Trinajstić information content (AvgIpc) is 2.86. The lowest BCUT2D eigenvalue weighted by atomic mass is 10.2. The van der Waals surface area contributed by atoms with Crippen LogP contribution in [0.4, 0.5) is 0 Å². The SMILES string of the molecule is [CH]1[CH][CH][C](NCCN[C]2[CH][CH][CH][CH]2)[CH]1. The van der Waals surface area contributed by atoms with Crippen molar-refractivity contribution in [2.24, 2.45) is 0 Å². The number of hydrogen-bond donors (Lipinski definition) is 2. The van der Waals surface area contributed by atoms with Crippen LogP contribution in [0, 0.1) is 63.5 Å². The Labute approximate surface area is 87.8 Å². The summed E-state index contributed by atoms with van der Waals surface area (Å²) in [5, 5.41) is 6.65. The molecule has 72 valence electrons. The summed E-state index contributed by atoms with van der Waals surface area (Å²) < 4.78 is 0. The van der Waals surface area contributed by atoms with Crippen molar-refractivity contribution in [2.75, 3.05) is 13.1 Å². The molecular formula is C12H14N2. The molecule has 0 aromatic rings. The molecule has 2 aliphatic rings. The number of rotatable bonds is 5. The molecule has 0 spiro atoms. The van der Waals surface area contributed by atoms with Gasteiger partial charge in [-0.1, -0.05) is 0 Å². The molecular weight excluding hydrogens is 172 g/mol. The molecule has 0 atom stereocenters. The van der Waals surface area contributed by atoms with Gasteiger partial charge in [-0.25, -0.2) is 0 Å². The lowest BCUT2D eigenvalue weighted by Gasteiger charge is -2.13. The maximum absolute atomic E-state index is 3.32. The summed E-state index contributed by atoms with van der Waals surface area (Å²) in [4.78, 5) is 0. The van der Waals surface area contributed by atoms with Crippen LogP contribution in [0.5, 0.6) is 0 Å². The summed E-state index contributed by atoms with van der Waals surface area (Å²) in [6.45, 7) is 1.88. The molecule has 0 heterocycles. The van der Waals surface area contributed by atoms with E-state index in [2.05, 4.69) is 36.3 Å². The fraction of sp³-hybridized carbons (Fsp3) is 0.167. The second kappa shape index (κ2) is 5.72. The van der Waals surface area contributed by atoms with Gasteiger partial charge in [0.05, 0.1) is 0 Å². The smallest absolute Gasteiger partial charge is 0.0440 e. The molecule has 0 saturated heterocycles. The van der Waals surface area contributed by atoms with E-state index in [1.165, 1.54) is 12.1 Å². The van der Waals surface area contributed by atoms with Crippen LogP contribution in [0.1, 0.15) is 0 Å². The highest BCUT2D eigenvalue weighted by molar-refractivity contribution is 5.35. The van der Waals surface area contributed by atoms with E-state index >= 15 is 0 Å². The second-order valence-corrected chi connectivity index (χ2v) is 3.20. The summed E-state index contributed by atoms with van der Waals surface area (Å²) >= 11 is 0. The van der Waals surface area contributed by atoms with E-state index in [1.807, 2.05) is 25.7 Å². The normalized spacial score (nSPS) is 24.9. The minimum absolute atomic E-state index is 0.940. The van der Waals surface area contributed by atoms with Crippen LogP contribution in [-0.4, -0.2) is 13.1 Å². The number of hydrogen-bond acceptors (Lipinski definition) is 2.